The van der Waals surface area contributed by atoms with Crippen LogP contribution in [0.3, 0.4) is 0 Å². The molecule has 17 heavy (non-hydrogen) atoms. The van der Waals surface area contributed by atoms with E-state index in [1.165, 1.54) is 0 Å². The molecule has 1 atom stereocenters. The molecule has 0 aromatic heterocycles. The molecule has 2 rings (SSSR count). The van der Waals surface area contributed by atoms with Crippen molar-refractivity contribution in [2.75, 3.05) is 19.5 Å². The largest absolute Gasteiger partial charge is 0.496 e. The normalized spacial score (nSPS) is 19.4. The molecule has 0 N–H and O–H groups in total. The molecule has 1 aromatic rings. The van der Waals surface area contributed by atoms with E-state index in [1.54, 1.807) is 19.2 Å². The van der Waals surface area contributed by atoms with Gasteiger partial charge in [-0.1, -0.05) is 12.1 Å². The molecule has 4 heteroatoms. The van der Waals surface area contributed by atoms with E-state index >= 15 is 0 Å². The van der Waals surface area contributed by atoms with Crippen LogP contribution in [-0.4, -0.2) is 36.4 Å². The fourth-order valence-corrected chi connectivity index (χ4v) is 2.56. The SMILES string of the molecule is COc1ccccc1C(=O)N1CCC[C@H]1CCl. The molecule has 1 amide bonds. The minimum absolute atomic E-state index is 0.0191. The minimum atomic E-state index is 0.0191. The first kappa shape index (κ1) is 12.2. The van der Waals surface area contributed by atoms with Gasteiger partial charge in [0.15, 0.2) is 0 Å². The van der Waals surface area contributed by atoms with Crippen LogP contribution in [0.25, 0.3) is 0 Å². The molecule has 1 aromatic carbocycles. The number of ether oxygens (including phenoxy) is 1. The monoisotopic (exact) mass is 253 g/mol. The summed E-state index contributed by atoms with van der Waals surface area (Å²) in [5.74, 6) is 1.14. The number of para-hydroxylation sites is 1. The number of likely N-dealkylation sites (tertiary alicyclic amines) is 1. The lowest BCUT2D eigenvalue weighted by molar-refractivity contribution is 0.0746. The molecule has 1 aliphatic heterocycles. The van der Waals surface area contributed by atoms with Crippen LogP contribution in [0, 0.1) is 0 Å². The van der Waals surface area contributed by atoms with E-state index in [-0.39, 0.29) is 11.9 Å². The Morgan fingerprint density at radius 3 is 3.00 bits per heavy atom. The molecule has 1 saturated heterocycles. The van der Waals surface area contributed by atoms with Gasteiger partial charge in [0.25, 0.3) is 5.91 Å². The van der Waals surface area contributed by atoms with E-state index in [1.807, 2.05) is 17.0 Å². The first-order valence-electron chi connectivity index (χ1n) is 5.78. The summed E-state index contributed by atoms with van der Waals surface area (Å²) in [5.41, 5.74) is 0.618. The van der Waals surface area contributed by atoms with E-state index in [0.717, 1.165) is 19.4 Å². The van der Waals surface area contributed by atoms with Crippen LogP contribution in [-0.2, 0) is 0 Å². The highest BCUT2D eigenvalue weighted by Crippen LogP contribution is 2.25. The molecule has 92 valence electrons. The number of methoxy groups -OCH3 is 1. The summed E-state index contributed by atoms with van der Waals surface area (Å²) in [6.45, 7) is 0.786. The molecular formula is C13H16ClNO2. The van der Waals surface area contributed by atoms with Crippen molar-refractivity contribution in [1.82, 2.24) is 4.90 Å². The highest BCUT2D eigenvalue weighted by molar-refractivity contribution is 6.18. The molecule has 1 fully saturated rings. The second-order valence-electron chi connectivity index (χ2n) is 4.15. The number of carbonyl (C=O) groups is 1. The summed E-state index contributed by atoms with van der Waals surface area (Å²) in [6, 6.07) is 7.47. The Labute approximate surface area is 106 Å². The Morgan fingerprint density at radius 1 is 1.53 bits per heavy atom. The standard InChI is InChI=1S/C13H16ClNO2/c1-17-12-7-3-2-6-11(12)13(16)15-8-4-5-10(15)9-14/h2-3,6-7,10H,4-5,8-9H2,1H3/t10-/m0/s1. The Morgan fingerprint density at radius 2 is 2.29 bits per heavy atom. The average molecular weight is 254 g/mol. The summed E-state index contributed by atoms with van der Waals surface area (Å²) in [5, 5.41) is 0. The molecular weight excluding hydrogens is 238 g/mol. The average Bonchev–Trinajstić information content (AvgIpc) is 2.86. The first-order valence-corrected chi connectivity index (χ1v) is 6.31. The zero-order chi connectivity index (χ0) is 12.3. The molecule has 1 heterocycles. The van der Waals surface area contributed by atoms with E-state index in [2.05, 4.69) is 0 Å². The molecule has 0 saturated carbocycles. The maximum Gasteiger partial charge on any atom is 0.257 e. The molecule has 0 radical (unpaired) electrons. The van der Waals surface area contributed by atoms with Gasteiger partial charge in [0, 0.05) is 18.5 Å². The zero-order valence-electron chi connectivity index (χ0n) is 9.86. The summed E-state index contributed by atoms with van der Waals surface area (Å²) >= 11 is 5.88. The second kappa shape index (κ2) is 5.41. The maximum absolute atomic E-state index is 12.4. The summed E-state index contributed by atoms with van der Waals surface area (Å²) in [4.78, 5) is 14.2. The second-order valence-corrected chi connectivity index (χ2v) is 4.46. The highest BCUT2D eigenvalue weighted by atomic mass is 35.5. The number of nitrogens with zero attached hydrogens (tertiary/aromatic N) is 1. The van der Waals surface area contributed by atoms with Gasteiger partial charge in [-0.3, -0.25) is 4.79 Å². The summed E-state index contributed by atoms with van der Waals surface area (Å²) in [6.07, 6.45) is 2.02. The van der Waals surface area contributed by atoms with E-state index in [9.17, 15) is 4.79 Å². The van der Waals surface area contributed by atoms with Crippen molar-refractivity contribution in [2.24, 2.45) is 0 Å². The summed E-state index contributed by atoms with van der Waals surface area (Å²) < 4.78 is 5.21. The number of amides is 1. The number of halogens is 1. The molecule has 3 nitrogen and oxygen atoms in total. The minimum Gasteiger partial charge on any atom is -0.496 e. The zero-order valence-corrected chi connectivity index (χ0v) is 10.6. The lowest BCUT2D eigenvalue weighted by Crippen LogP contribution is -2.36. The third kappa shape index (κ3) is 2.39. The first-order chi connectivity index (χ1) is 8.27. The Kier molecular flexibility index (Phi) is 3.89. The lowest BCUT2D eigenvalue weighted by atomic mass is 10.1. The van der Waals surface area contributed by atoms with E-state index in [0.29, 0.717) is 17.2 Å². The van der Waals surface area contributed by atoms with Crippen LogP contribution in [0.4, 0.5) is 0 Å². The predicted octanol–water partition coefficient (Wildman–Crippen LogP) is 2.54. The van der Waals surface area contributed by atoms with Crippen LogP contribution in [0.15, 0.2) is 24.3 Å². The van der Waals surface area contributed by atoms with Gasteiger partial charge in [-0.15, -0.1) is 11.6 Å². The van der Waals surface area contributed by atoms with E-state index < -0.39 is 0 Å². The van der Waals surface area contributed by atoms with Crippen LogP contribution >= 0.6 is 11.6 Å². The Balaban J connectivity index is 2.24. The van der Waals surface area contributed by atoms with Gasteiger partial charge < -0.3 is 9.64 Å². The maximum atomic E-state index is 12.4. The third-order valence-electron chi connectivity index (χ3n) is 3.15. The van der Waals surface area contributed by atoms with Crippen LogP contribution in [0.2, 0.25) is 0 Å². The molecule has 1 aliphatic rings. The third-order valence-corrected chi connectivity index (χ3v) is 3.51. The van der Waals surface area contributed by atoms with Gasteiger partial charge >= 0.3 is 0 Å². The Bertz CT molecular complexity index is 408. The van der Waals surface area contributed by atoms with Crippen LogP contribution in [0.5, 0.6) is 5.75 Å². The van der Waals surface area contributed by atoms with Gasteiger partial charge in [-0.05, 0) is 25.0 Å². The number of rotatable bonds is 3. The number of hydrogen-bond donors (Lipinski definition) is 0. The number of benzene rings is 1. The van der Waals surface area contributed by atoms with Crippen LogP contribution < -0.4 is 4.74 Å². The van der Waals surface area contributed by atoms with Crippen molar-refractivity contribution in [1.29, 1.82) is 0 Å². The topological polar surface area (TPSA) is 29.5 Å². The smallest absolute Gasteiger partial charge is 0.257 e. The lowest BCUT2D eigenvalue weighted by Gasteiger charge is -2.23. The molecule has 0 unspecified atom stereocenters. The fourth-order valence-electron chi connectivity index (χ4n) is 2.24. The number of carbonyl (C=O) groups excluding carboxylic acids is 1. The predicted molar refractivity (Wildman–Crippen MR) is 67.8 cm³/mol. The van der Waals surface area contributed by atoms with Crippen LogP contribution in [0.1, 0.15) is 23.2 Å². The van der Waals surface area contributed by atoms with Crippen molar-refractivity contribution in [3.63, 3.8) is 0 Å². The Hall–Kier alpha value is -1.22. The molecule has 0 spiro atoms. The van der Waals surface area contributed by atoms with Gasteiger partial charge in [-0.25, -0.2) is 0 Å². The molecule has 0 bridgehead atoms. The highest BCUT2D eigenvalue weighted by Gasteiger charge is 2.29. The van der Waals surface area contributed by atoms with E-state index in [4.69, 9.17) is 16.3 Å². The van der Waals surface area contributed by atoms with Crippen molar-refractivity contribution < 1.29 is 9.53 Å². The van der Waals surface area contributed by atoms with Crippen molar-refractivity contribution in [2.45, 2.75) is 18.9 Å². The molecule has 0 aliphatic carbocycles. The number of hydrogen-bond acceptors (Lipinski definition) is 2. The van der Waals surface area contributed by atoms with Crippen molar-refractivity contribution >= 4 is 17.5 Å². The quantitative estimate of drug-likeness (QED) is 0.775. The van der Waals surface area contributed by atoms with Gasteiger partial charge in [0.1, 0.15) is 5.75 Å². The van der Waals surface area contributed by atoms with Gasteiger partial charge in [0.2, 0.25) is 0 Å². The fraction of sp³-hybridized carbons (Fsp3) is 0.462. The van der Waals surface area contributed by atoms with Gasteiger partial charge in [0.05, 0.1) is 12.7 Å². The van der Waals surface area contributed by atoms with Crippen molar-refractivity contribution in [3.8, 4) is 5.75 Å². The summed E-state index contributed by atoms with van der Waals surface area (Å²) in [7, 11) is 1.58. The number of alkyl halides is 1. The van der Waals surface area contributed by atoms with Crippen molar-refractivity contribution in [3.05, 3.63) is 29.8 Å². The van der Waals surface area contributed by atoms with Gasteiger partial charge in [-0.2, -0.15) is 0 Å².